The smallest absolute Gasteiger partial charge is 0.416 e. The lowest BCUT2D eigenvalue weighted by atomic mass is 10.1. The molecule has 3 aromatic rings. The topological polar surface area (TPSA) is 98.6 Å². The molecule has 2 aliphatic heterocycles. The lowest BCUT2D eigenvalue weighted by Crippen LogP contribution is -2.28. The summed E-state index contributed by atoms with van der Waals surface area (Å²) in [4.78, 5) is 30.9. The van der Waals surface area contributed by atoms with Gasteiger partial charge in [0.15, 0.2) is 11.5 Å². The molecule has 0 saturated carbocycles. The van der Waals surface area contributed by atoms with Crippen LogP contribution in [-0.2, 0) is 15.8 Å². The van der Waals surface area contributed by atoms with Crippen LogP contribution in [0.4, 0.5) is 24.5 Å². The first-order valence-electron chi connectivity index (χ1n) is 10.4. The van der Waals surface area contributed by atoms with Gasteiger partial charge in [-0.05, 0) is 30.3 Å². The highest BCUT2D eigenvalue weighted by Gasteiger charge is 2.37. The molecule has 0 radical (unpaired) electrons. The Morgan fingerprint density at radius 3 is 2.62 bits per heavy atom. The summed E-state index contributed by atoms with van der Waals surface area (Å²) in [5, 5.41) is 6.48. The van der Waals surface area contributed by atoms with Gasteiger partial charge in [-0.15, -0.1) is 0 Å². The Morgan fingerprint density at radius 2 is 1.88 bits per heavy atom. The van der Waals surface area contributed by atoms with Gasteiger partial charge in [0.2, 0.25) is 11.8 Å². The molecule has 0 bridgehead atoms. The van der Waals surface area contributed by atoms with E-state index in [1.807, 2.05) is 0 Å². The highest BCUT2D eigenvalue weighted by Crippen LogP contribution is 2.37. The molecule has 0 spiro atoms. The average Bonchev–Trinajstić information content (AvgIpc) is 3.48. The number of nitrogens with zero attached hydrogens (tertiary/aromatic N) is 4. The molecule has 9 nitrogen and oxygen atoms in total. The van der Waals surface area contributed by atoms with E-state index < -0.39 is 23.6 Å². The van der Waals surface area contributed by atoms with Crippen molar-refractivity contribution in [1.29, 1.82) is 0 Å². The van der Waals surface area contributed by atoms with E-state index in [2.05, 4.69) is 15.4 Å². The predicted molar refractivity (Wildman–Crippen MR) is 113 cm³/mol. The summed E-state index contributed by atoms with van der Waals surface area (Å²) in [6.07, 6.45) is -2.15. The van der Waals surface area contributed by atoms with E-state index in [1.165, 1.54) is 28.3 Å². The van der Waals surface area contributed by atoms with Gasteiger partial charge in [-0.1, -0.05) is 0 Å². The van der Waals surface area contributed by atoms with Crippen molar-refractivity contribution in [3.8, 4) is 17.2 Å². The first-order valence-corrected chi connectivity index (χ1v) is 10.4. The Hall–Kier alpha value is -4.09. The standard InChI is InChI=1S/C22H18F3N5O4/c23-22(24,25)14-1-3-17(30-12-26-11-27-30)16(8-14)28-21(32)13-7-20(31)29(10-13)15-2-4-18-19(9-15)34-6-5-33-18/h1-4,8-9,11-13H,5-7,10H2,(H,28,32). The number of hydrogen-bond acceptors (Lipinski definition) is 6. The lowest BCUT2D eigenvalue weighted by molar-refractivity contribution is -0.137. The zero-order chi connectivity index (χ0) is 23.9. The van der Waals surface area contributed by atoms with Gasteiger partial charge in [0.05, 0.1) is 22.9 Å². The molecule has 1 aromatic heterocycles. The summed E-state index contributed by atoms with van der Waals surface area (Å²) < 4.78 is 52.1. The number of carbonyl (C=O) groups excluding carboxylic acids is 2. The van der Waals surface area contributed by atoms with Gasteiger partial charge in [0.25, 0.3) is 0 Å². The molecule has 1 unspecified atom stereocenters. The van der Waals surface area contributed by atoms with Crippen LogP contribution in [0.25, 0.3) is 5.69 Å². The summed E-state index contributed by atoms with van der Waals surface area (Å²) in [6, 6.07) is 8.00. The SMILES string of the molecule is O=C(Nc1cc(C(F)(F)F)ccc1-n1cncn1)C1CC(=O)N(c2ccc3c(c2)OCCO3)C1. The number of amides is 2. The van der Waals surface area contributed by atoms with Crippen molar-refractivity contribution in [2.24, 2.45) is 5.92 Å². The van der Waals surface area contributed by atoms with Gasteiger partial charge in [0.1, 0.15) is 25.9 Å². The Labute approximate surface area is 191 Å². The number of aromatic nitrogens is 3. The number of nitrogens with one attached hydrogen (secondary N) is 1. The minimum absolute atomic E-state index is 0.0714. The van der Waals surface area contributed by atoms with Crippen LogP contribution in [-0.4, -0.2) is 46.3 Å². The van der Waals surface area contributed by atoms with Crippen LogP contribution < -0.4 is 19.7 Å². The summed E-state index contributed by atoms with van der Waals surface area (Å²) in [6.45, 7) is 0.895. The number of halogens is 3. The van der Waals surface area contributed by atoms with Crippen LogP contribution in [0.15, 0.2) is 49.1 Å². The molecule has 2 aliphatic rings. The lowest BCUT2D eigenvalue weighted by Gasteiger charge is -2.22. The molecule has 34 heavy (non-hydrogen) atoms. The van der Waals surface area contributed by atoms with Crippen LogP contribution in [0.5, 0.6) is 11.5 Å². The minimum atomic E-state index is -4.60. The van der Waals surface area contributed by atoms with Gasteiger partial charge in [0, 0.05) is 24.7 Å². The number of anilines is 2. The zero-order valence-electron chi connectivity index (χ0n) is 17.6. The molecule has 2 aromatic carbocycles. The van der Waals surface area contributed by atoms with Crippen molar-refractivity contribution < 1.29 is 32.2 Å². The molecule has 3 heterocycles. The second-order valence-corrected chi connectivity index (χ2v) is 7.79. The highest BCUT2D eigenvalue weighted by molar-refractivity contribution is 6.04. The van der Waals surface area contributed by atoms with E-state index >= 15 is 0 Å². The predicted octanol–water partition coefficient (Wildman–Crippen LogP) is 3.05. The maximum Gasteiger partial charge on any atom is 0.416 e. The van der Waals surface area contributed by atoms with Gasteiger partial charge >= 0.3 is 6.18 Å². The molecule has 1 atom stereocenters. The number of ether oxygens (including phenoxy) is 2. The maximum atomic E-state index is 13.3. The van der Waals surface area contributed by atoms with Crippen molar-refractivity contribution in [3.05, 3.63) is 54.6 Å². The van der Waals surface area contributed by atoms with E-state index in [4.69, 9.17) is 9.47 Å². The number of benzene rings is 2. The summed E-state index contributed by atoms with van der Waals surface area (Å²) in [5.74, 6) is -0.544. The molecule has 1 saturated heterocycles. The summed E-state index contributed by atoms with van der Waals surface area (Å²) in [7, 11) is 0. The van der Waals surface area contributed by atoms with Gasteiger partial charge in [-0.3, -0.25) is 9.59 Å². The quantitative estimate of drug-likeness (QED) is 0.626. The third kappa shape index (κ3) is 4.14. The molecule has 2 amide bonds. The van der Waals surface area contributed by atoms with Gasteiger partial charge in [-0.25, -0.2) is 9.67 Å². The first-order chi connectivity index (χ1) is 16.3. The Balaban J connectivity index is 1.37. The van der Waals surface area contributed by atoms with Crippen LogP contribution in [0.3, 0.4) is 0 Å². The fraction of sp³-hybridized carbons (Fsp3) is 0.273. The van der Waals surface area contributed by atoms with E-state index in [9.17, 15) is 22.8 Å². The Kier molecular flexibility index (Phi) is 5.34. The monoisotopic (exact) mass is 473 g/mol. The van der Waals surface area contributed by atoms with Crippen LogP contribution in [0, 0.1) is 5.92 Å². The molecule has 1 fully saturated rings. The molecule has 176 valence electrons. The van der Waals surface area contributed by atoms with Crippen LogP contribution in [0.2, 0.25) is 0 Å². The van der Waals surface area contributed by atoms with Crippen LogP contribution >= 0.6 is 0 Å². The van der Waals surface area contributed by atoms with Crippen molar-refractivity contribution in [3.63, 3.8) is 0 Å². The second-order valence-electron chi connectivity index (χ2n) is 7.79. The van der Waals surface area contributed by atoms with Gasteiger partial charge in [-0.2, -0.15) is 18.3 Å². The maximum absolute atomic E-state index is 13.3. The molecule has 0 aliphatic carbocycles. The van der Waals surface area contributed by atoms with Crippen molar-refractivity contribution in [2.75, 3.05) is 30.0 Å². The van der Waals surface area contributed by atoms with Crippen molar-refractivity contribution in [2.45, 2.75) is 12.6 Å². The number of rotatable bonds is 4. The van der Waals surface area contributed by atoms with Crippen LogP contribution in [0.1, 0.15) is 12.0 Å². The average molecular weight is 473 g/mol. The third-order valence-corrected chi connectivity index (χ3v) is 5.58. The largest absolute Gasteiger partial charge is 0.486 e. The molecule has 5 rings (SSSR count). The van der Waals surface area contributed by atoms with Crippen molar-refractivity contribution in [1.82, 2.24) is 14.8 Å². The van der Waals surface area contributed by atoms with Gasteiger partial charge < -0.3 is 19.7 Å². The Bertz CT molecular complexity index is 1250. The molecule has 1 N–H and O–H groups in total. The highest BCUT2D eigenvalue weighted by atomic mass is 19.4. The van der Waals surface area contributed by atoms with E-state index in [1.54, 1.807) is 18.2 Å². The number of alkyl halides is 3. The first kappa shape index (κ1) is 21.7. The number of carbonyl (C=O) groups is 2. The van der Waals surface area contributed by atoms with E-state index in [0.29, 0.717) is 30.4 Å². The Morgan fingerprint density at radius 1 is 1.09 bits per heavy atom. The zero-order valence-corrected chi connectivity index (χ0v) is 17.6. The summed E-state index contributed by atoms with van der Waals surface area (Å²) >= 11 is 0. The fourth-order valence-corrected chi connectivity index (χ4v) is 3.91. The number of fused-ring (bicyclic) bond motifs is 1. The third-order valence-electron chi connectivity index (χ3n) is 5.58. The van der Waals surface area contributed by atoms with E-state index in [-0.39, 0.29) is 30.2 Å². The normalized spacial score (nSPS) is 17.7. The molecule has 12 heteroatoms. The van der Waals surface area contributed by atoms with E-state index in [0.717, 1.165) is 12.1 Å². The van der Waals surface area contributed by atoms with Crippen molar-refractivity contribution >= 4 is 23.2 Å². The second kappa shape index (κ2) is 8.36. The summed E-state index contributed by atoms with van der Waals surface area (Å²) in [5.41, 5.74) is -0.249. The fourth-order valence-electron chi connectivity index (χ4n) is 3.91. The molecular formula is C22H18F3N5O4. The minimum Gasteiger partial charge on any atom is -0.486 e. The molecular weight excluding hydrogens is 455 g/mol. The number of hydrogen-bond donors (Lipinski definition) is 1.